The Morgan fingerprint density at radius 3 is 3.00 bits per heavy atom. The van der Waals surface area contributed by atoms with Gasteiger partial charge in [-0.2, -0.15) is 0 Å². The highest BCUT2D eigenvalue weighted by molar-refractivity contribution is 5.38. The van der Waals surface area contributed by atoms with Crippen LogP contribution >= 0.6 is 0 Å². The lowest BCUT2D eigenvalue weighted by molar-refractivity contribution is 0.288. The molecule has 2 nitrogen and oxygen atoms in total. The van der Waals surface area contributed by atoms with Crippen LogP contribution in [-0.4, -0.2) is 12.1 Å². The van der Waals surface area contributed by atoms with Crippen molar-refractivity contribution in [1.82, 2.24) is 0 Å². The van der Waals surface area contributed by atoms with Crippen LogP contribution in [0.25, 0.3) is 0 Å². The standard InChI is InChI=1S/C14H19NO/c15-14(7-8-14)6-5-11-3-4-13-12(10-11)2-1-9-16-13/h3-4,10H,1-2,5-9,15H2. The normalized spacial score (nSPS) is 21.1. The van der Waals surface area contributed by atoms with E-state index in [9.17, 15) is 0 Å². The van der Waals surface area contributed by atoms with Gasteiger partial charge in [-0.15, -0.1) is 0 Å². The first-order valence-electron chi connectivity index (χ1n) is 6.29. The maximum Gasteiger partial charge on any atom is 0.122 e. The van der Waals surface area contributed by atoms with E-state index in [2.05, 4.69) is 18.2 Å². The van der Waals surface area contributed by atoms with Gasteiger partial charge in [0.2, 0.25) is 0 Å². The molecule has 1 fully saturated rings. The van der Waals surface area contributed by atoms with Gasteiger partial charge in [-0.25, -0.2) is 0 Å². The van der Waals surface area contributed by atoms with Crippen LogP contribution in [0, 0.1) is 0 Å². The van der Waals surface area contributed by atoms with E-state index in [1.807, 2.05) is 0 Å². The second-order valence-corrected chi connectivity index (χ2v) is 5.26. The number of ether oxygens (including phenoxy) is 1. The molecule has 0 aromatic heterocycles. The number of hydrogen-bond donors (Lipinski definition) is 1. The Labute approximate surface area is 96.8 Å². The van der Waals surface area contributed by atoms with Gasteiger partial charge in [-0.3, -0.25) is 0 Å². The first kappa shape index (κ1) is 10.2. The van der Waals surface area contributed by atoms with E-state index >= 15 is 0 Å². The van der Waals surface area contributed by atoms with Crippen molar-refractivity contribution < 1.29 is 4.74 Å². The Balaban J connectivity index is 1.70. The Kier molecular flexibility index (Phi) is 2.40. The zero-order valence-corrected chi connectivity index (χ0v) is 9.67. The third kappa shape index (κ3) is 2.07. The second kappa shape index (κ2) is 3.77. The van der Waals surface area contributed by atoms with Crippen LogP contribution in [0.2, 0.25) is 0 Å². The molecular formula is C14H19NO. The molecule has 1 aliphatic heterocycles. The third-order valence-electron chi connectivity index (χ3n) is 3.78. The highest BCUT2D eigenvalue weighted by atomic mass is 16.5. The summed E-state index contributed by atoms with van der Waals surface area (Å²) in [5.41, 5.74) is 9.08. The Hall–Kier alpha value is -1.02. The summed E-state index contributed by atoms with van der Waals surface area (Å²) in [7, 11) is 0. The molecule has 0 radical (unpaired) electrons. The van der Waals surface area contributed by atoms with Crippen molar-refractivity contribution in [3.63, 3.8) is 0 Å². The van der Waals surface area contributed by atoms with E-state index in [0.29, 0.717) is 0 Å². The van der Waals surface area contributed by atoms with Gasteiger partial charge in [0.05, 0.1) is 6.61 Å². The quantitative estimate of drug-likeness (QED) is 0.844. The first-order chi connectivity index (χ1) is 7.75. The average molecular weight is 217 g/mol. The highest BCUT2D eigenvalue weighted by Gasteiger charge is 2.37. The SMILES string of the molecule is NC1(CCc2ccc3c(c2)CCCO3)CC1. The summed E-state index contributed by atoms with van der Waals surface area (Å²) in [5.74, 6) is 1.09. The van der Waals surface area contributed by atoms with Crippen LogP contribution in [0.4, 0.5) is 0 Å². The predicted octanol–water partition coefficient (Wildman–Crippen LogP) is 2.44. The van der Waals surface area contributed by atoms with E-state index in [1.54, 1.807) is 0 Å². The van der Waals surface area contributed by atoms with E-state index < -0.39 is 0 Å². The molecule has 1 heterocycles. The molecule has 0 unspecified atom stereocenters. The number of fused-ring (bicyclic) bond motifs is 1. The molecule has 0 amide bonds. The summed E-state index contributed by atoms with van der Waals surface area (Å²) in [6, 6.07) is 6.62. The van der Waals surface area contributed by atoms with Crippen LogP contribution in [0.5, 0.6) is 5.75 Å². The van der Waals surface area contributed by atoms with Gasteiger partial charge in [0.25, 0.3) is 0 Å². The fraction of sp³-hybridized carbons (Fsp3) is 0.571. The van der Waals surface area contributed by atoms with Crippen molar-refractivity contribution in [3.8, 4) is 5.75 Å². The zero-order valence-electron chi connectivity index (χ0n) is 9.67. The summed E-state index contributed by atoms with van der Waals surface area (Å²) in [4.78, 5) is 0. The minimum atomic E-state index is 0.173. The van der Waals surface area contributed by atoms with Crippen molar-refractivity contribution in [2.24, 2.45) is 5.73 Å². The number of rotatable bonds is 3. The minimum Gasteiger partial charge on any atom is -0.493 e. The third-order valence-corrected chi connectivity index (χ3v) is 3.78. The van der Waals surface area contributed by atoms with Crippen molar-refractivity contribution >= 4 is 0 Å². The van der Waals surface area contributed by atoms with Gasteiger partial charge in [-0.05, 0) is 55.7 Å². The van der Waals surface area contributed by atoms with Gasteiger partial charge < -0.3 is 10.5 Å². The molecule has 3 rings (SSSR count). The summed E-state index contributed by atoms with van der Waals surface area (Å²) < 4.78 is 5.61. The zero-order chi connectivity index (χ0) is 11.0. The van der Waals surface area contributed by atoms with Crippen LogP contribution < -0.4 is 10.5 Å². The fourth-order valence-corrected chi connectivity index (χ4v) is 2.37. The molecule has 2 heteroatoms. The number of aryl methyl sites for hydroxylation is 2. The topological polar surface area (TPSA) is 35.2 Å². The molecule has 0 spiro atoms. The van der Waals surface area contributed by atoms with E-state index in [4.69, 9.17) is 10.5 Å². The van der Waals surface area contributed by atoms with Crippen LogP contribution in [-0.2, 0) is 12.8 Å². The molecule has 1 aromatic rings. The maximum absolute atomic E-state index is 6.11. The molecule has 2 N–H and O–H groups in total. The molecule has 0 atom stereocenters. The lowest BCUT2D eigenvalue weighted by atomic mass is 9.99. The van der Waals surface area contributed by atoms with Crippen LogP contribution in [0.15, 0.2) is 18.2 Å². The molecule has 1 saturated carbocycles. The van der Waals surface area contributed by atoms with E-state index in [1.165, 1.54) is 24.0 Å². The summed E-state index contributed by atoms with van der Waals surface area (Å²) >= 11 is 0. The Morgan fingerprint density at radius 1 is 1.31 bits per heavy atom. The molecule has 1 aromatic carbocycles. The number of hydrogen-bond acceptors (Lipinski definition) is 2. The van der Waals surface area contributed by atoms with Gasteiger partial charge in [0.15, 0.2) is 0 Å². The molecule has 86 valence electrons. The van der Waals surface area contributed by atoms with Gasteiger partial charge in [0, 0.05) is 5.54 Å². The van der Waals surface area contributed by atoms with Gasteiger partial charge in [-0.1, -0.05) is 12.1 Å². The number of benzene rings is 1. The summed E-state index contributed by atoms with van der Waals surface area (Å²) in [6.45, 7) is 0.873. The van der Waals surface area contributed by atoms with Crippen molar-refractivity contribution in [3.05, 3.63) is 29.3 Å². The lowest BCUT2D eigenvalue weighted by Gasteiger charge is -2.18. The molecule has 0 saturated heterocycles. The largest absolute Gasteiger partial charge is 0.493 e. The number of nitrogens with two attached hydrogens (primary N) is 1. The molecule has 1 aliphatic carbocycles. The van der Waals surface area contributed by atoms with Crippen LogP contribution in [0.3, 0.4) is 0 Å². The molecule has 2 aliphatic rings. The minimum absolute atomic E-state index is 0.173. The molecule has 0 bridgehead atoms. The van der Waals surface area contributed by atoms with Crippen molar-refractivity contribution in [2.45, 2.75) is 44.1 Å². The smallest absolute Gasteiger partial charge is 0.122 e. The monoisotopic (exact) mass is 217 g/mol. The maximum atomic E-state index is 6.11. The van der Waals surface area contributed by atoms with E-state index in [0.717, 1.165) is 38.0 Å². The first-order valence-corrected chi connectivity index (χ1v) is 6.29. The molecule has 16 heavy (non-hydrogen) atoms. The Morgan fingerprint density at radius 2 is 2.19 bits per heavy atom. The van der Waals surface area contributed by atoms with Gasteiger partial charge >= 0.3 is 0 Å². The summed E-state index contributed by atoms with van der Waals surface area (Å²) in [6.07, 6.45) is 6.98. The van der Waals surface area contributed by atoms with E-state index in [-0.39, 0.29) is 5.54 Å². The van der Waals surface area contributed by atoms with Crippen molar-refractivity contribution in [2.75, 3.05) is 6.61 Å². The van der Waals surface area contributed by atoms with Crippen molar-refractivity contribution in [1.29, 1.82) is 0 Å². The fourth-order valence-electron chi connectivity index (χ4n) is 2.37. The second-order valence-electron chi connectivity index (χ2n) is 5.26. The van der Waals surface area contributed by atoms with Crippen LogP contribution in [0.1, 0.15) is 36.8 Å². The molecular weight excluding hydrogens is 198 g/mol. The lowest BCUT2D eigenvalue weighted by Crippen LogP contribution is -2.22. The Bertz CT molecular complexity index is 396. The summed E-state index contributed by atoms with van der Waals surface area (Å²) in [5, 5.41) is 0. The predicted molar refractivity (Wildman–Crippen MR) is 64.7 cm³/mol. The van der Waals surface area contributed by atoms with Gasteiger partial charge in [0.1, 0.15) is 5.75 Å². The average Bonchev–Trinajstić information content (AvgIpc) is 3.05. The highest BCUT2D eigenvalue weighted by Crippen LogP contribution is 2.37.